The molecular weight excluding hydrogens is 510 g/mol. The monoisotopic (exact) mass is 561 g/mol. The highest BCUT2D eigenvalue weighted by atomic mass is 32.2. The number of aryl methyl sites for hydroxylation is 1. The molecule has 2 unspecified atom stereocenters. The quantitative estimate of drug-likeness (QED) is 0.252. The Morgan fingerprint density at radius 3 is 2.44 bits per heavy atom. The minimum absolute atomic E-state index is 0.128. The Bertz CT molecular complexity index is 911. The van der Waals surface area contributed by atoms with Gasteiger partial charge in [-0.15, -0.1) is 0 Å². The van der Waals surface area contributed by atoms with E-state index in [0.29, 0.717) is 18.7 Å². The van der Waals surface area contributed by atoms with Crippen LogP contribution in [-0.4, -0.2) is 59.0 Å². The van der Waals surface area contributed by atoms with E-state index in [9.17, 15) is 14.4 Å². The third-order valence-corrected chi connectivity index (χ3v) is 7.65. The maximum absolute atomic E-state index is 14.3. The fourth-order valence-electron chi connectivity index (χ4n) is 5.06. The lowest BCUT2D eigenvalue weighted by Gasteiger charge is -2.36. The third kappa shape index (κ3) is 11.8. The molecule has 220 valence electrons. The van der Waals surface area contributed by atoms with Crippen LogP contribution in [0.5, 0.6) is 0 Å². The number of benzene rings is 1. The molecule has 7 nitrogen and oxygen atoms in total. The molecule has 0 saturated heterocycles. The average Bonchev–Trinajstić information content (AvgIpc) is 2.87. The van der Waals surface area contributed by atoms with Gasteiger partial charge >= 0.3 is 6.09 Å². The van der Waals surface area contributed by atoms with Crippen LogP contribution in [0, 0.1) is 6.92 Å². The van der Waals surface area contributed by atoms with Crippen molar-refractivity contribution in [1.29, 1.82) is 0 Å². The van der Waals surface area contributed by atoms with Gasteiger partial charge in [0.05, 0.1) is 0 Å². The van der Waals surface area contributed by atoms with Gasteiger partial charge in [-0.2, -0.15) is 11.8 Å². The summed E-state index contributed by atoms with van der Waals surface area (Å²) in [6.07, 6.45) is 11.1. The number of hydrogen-bond acceptors (Lipinski definition) is 5. The number of alkyl carbamates (subject to hydrolysis) is 1. The number of carbonyl (C=O) groups is 3. The van der Waals surface area contributed by atoms with Crippen molar-refractivity contribution in [3.05, 3.63) is 35.4 Å². The topological polar surface area (TPSA) is 87.7 Å². The van der Waals surface area contributed by atoms with Crippen LogP contribution in [0.3, 0.4) is 0 Å². The Labute approximate surface area is 240 Å². The number of rotatable bonds is 14. The largest absolute Gasteiger partial charge is 0.444 e. The molecule has 2 atom stereocenters. The van der Waals surface area contributed by atoms with E-state index in [0.717, 1.165) is 62.5 Å². The van der Waals surface area contributed by atoms with Gasteiger partial charge in [-0.25, -0.2) is 4.79 Å². The fraction of sp³-hybridized carbons (Fsp3) is 0.710. The first kappa shape index (κ1) is 33.0. The zero-order valence-electron chi connectivity index (χ0n) is 25.0. The van der Waals surface area contributed by atoms with Gasteiger partial charge in [-0.3, -0.25) is 9.59 Å². The van der Waals surface area contributed by atoms with Gasteiger partial charge in [-0.1, -0.05) is 75.3 Å². The number of carbonyl (C=O) groups excluding carboxylic acids is 3. The second-order valence-corrected chi connectivity index (χ2v) is 12.7. The minimum Gasteiger partial charge on any atom is -0.444 e. The van der Waals surface area contributed by atoms with Crippen molar-refractivity contribution in [1.82, 2.24) is 15.5 Å². The van der Waals surface area contributed by atoms with E-state index in [1.54, 1.807) is 37.4 Å². The van der Waals surface area contributed by atoms with Gasteiger partial charge in [0, 0.05) is 12.6 Å². The van der Waals surface area contributed by atoms with E-state index >= 15 is 0 Å². The van der Waals surface area contributed by atoms with Crippen molar-refractivity contribution >= 4 is 29.7 Å². The van der Waals surface area contributed by atoms with Gasteiger partial charge in [-0.05, 0) is 71.0 Å². The molecule has 39 heavy (non-hydrogen) atoms. The van der Waals surface area contributed by atoms with Crippen LogP contribution in [0.4, 0.5) is 4.79 Å². The Hall–Kier alpha value is -2.22. The lowest BCUT2D eigenvalue weighted by atomic mass is 9.94. The highest BCUT2D eigenvalue weighted by Crippen LogP contribution is 2.27. The maximum Gasteiger partial charge on any atom is 0.408 e. The molecule has 0 radical (unpaired) electrons. The molecule has 0 aliphatic heterocycles. The van der Waals surface area contributed by atoms with Crippen molar-refractivity contribution in [2.45, 2.75) is 123 Å². The second kappa shape index (κ2) is 16.8. The first-order valence-corrected chi connectivity index (χ1v) is 16.1. The lowest BCUT2D eigenvalue weighted by molar-refractivity contribution is -0.143. The number of nitrogens with one attached hydrogen (secondary N) is 2. The lowest BCUT2D eigenvalue weighted by Crippen LogP contribution is -2.54. The summed E-state index contributed by atoms with van der Waals surface area (Å²) >= 11 is 1.62. The van der Waals surface area contributed by atoms with Gasteiger partial charge in [0.1, 0.15) is 17.7 Å². The van der Waals surface area contributed by atoms with E-state index in [4.69, 9.17) is 4.74 Å². The summed E-state index contributed by atoms with van der Waals surface area (Å²) in [6, 6.07) is 6.45. The molecule has 1 aliphatic rings. The molecule has 1 aromatic carbocycles. The van der Waals surface area contributed by atoms with Crippen LogP contribution in [0.25, 0.3) is 0 Å². The molecule has 8 heteroatoms. The maximum atomic E-state index is 14.3. The number of nitrogens with zero attached hydrogens (tertiary/aromatic N) is 1. The van der Waals surface area contributed by atoms with Crippen LogP contribution in [0.15, 0.2) is 24.3 Å². The van der Waals surface area contributed by atoms with Crippen LogP contribution >= 0.6 is 11.8 Å². The van der Waals surface area contributed by atoms with Gasteiger partial charge < -0.3 is 20.3 Å². The van der Waals surface area contributed by atoms with Crippen LogP contribution in [-0.2, 0) is 14.3 Å². The molecule has 1 aliphatic carbocycles. The summed E-state index contributed by atoms with van der Waals surface area (Å²) in [5.74, 6) is 0.313. The van der Waals surface area contributed by atoms with E-state index in [2.05, 4.69) is 17.6 Å². The highest BCUT2D eigenvalue weighted by molar-refractivity contribution is 7.98. The molecule has 1 saturated carbocycles. The van der Waals surface area contributed by atoms with Crippen LogP contribution in [0.1, 0.15) is 109 Å². The van der Waals surface area contributed by atoms with E-state index in [1.807, 2.05) is 37.4 Å². The summed E-state index contributed by atoms with van der Waals surface area (Å²) in [6.45, 7) is 10.00. The first-order chi connectivity index (χ1) is 18.6. The number of hydrogen-bond donors (Lipinski definition) is 2. The van der Waals surface area contributed by atoms with Gasteiger partial charge in [0.25, 0.3) is 0 Å². The predicted octanol–water partition coefficient (Wildman–Crippen LogP) is 6.54. The molecule has 1 fully saturated rings. The molecule has 0 aromatic heterocycles. The Morgan fingerprint density at radius 1 is 1.10 bits per heavy atom. The summed E-state index contributed by atoms with van der Waals surface area (Å²) in [7, 11) is 0. The molecule has 2 rings (SSSR count). The second-order valence-electron chi connectivity index (χ2n) is 11.7. The molecule has 3 amide bonds. The van der Waals surface area contributed by atoms with Crippen molar-refractivity contribution in [3.8, 4) is 0 Å². The summed E-state index contributed by atoms with van der Waals surface area (Å²) in [5, 5.41) is 6.11. The van der Waals surface area contributed by atoms with E-state index < -0.39 is 23.8 Å². The van der Waals surface area contributed by atoms with Crippen LogP contribution < -0.4 is 10.6 Å². The van der Waals surface area contributed by atoms with Crippen molar-refractivity contribution in [3.63, 3.8) is 0 Å². The molecular formula is C31H51N3O4S. The first-order valence-electron chi connectivity index (χ1n) is 14.7. The smallest absolute Gasteiger partial charge is 0.408 e. The number of amides is 3. The van der Waals surface area contributed by atoms with Crippen molar-refractivity contribution in [2.75, 3.05) is 18.6 Å². The summed E-state index contributed by atoms with van der Waals surface area (Å²) in [4.78, 5) is 42.7. The highest BCUT2D eigenvalue weighted by Gasteiger charge is 2.36. The normalized spacial score (nSPS) is 15.7. The number of thioether (sulfide) groups is 1. The minimum atomic E-state index is -0.784. The Balaban J connectivity index is 2.44. The molecule has 0 heterocycles. The van der Waals surface area contributed by atoms with Crippen LogP contribution in [0.2, 0.25) is 0 Å². The Morgan fingerprint density at radius 2 is 1.82 bits per heavy atom. The van der Waals surface area contributed by atoms with E-state index in [1.165, 1.54) is 6.42 Å². The molecule has 0 bridgehead atoms. The molecule has 2 N–H and O–H groups in total. The zero-order chi connectivity index (χ0) is 28.8. The average molecular weight is 562 g/mol. The molecule has 0 spiro atoms. The zero-order valence-corrected chi connectivity index (χ0v) is 25.8. The predicted molar refractivity (Wildman–Crippen MR) is 161 cm³/mol. The van der Waals surface area contributed by atoms with Crippen molar-refractivity contribution in [2.24, 2.45) is 0 Å². The SMILES string of the molecule is CCCCCCN(C(=O)C(CCSC)NC(=O)OC(C)(C)C)C(C(=O)NC1CCCCC1)c1cccc(C)c1. The summed E-state index contributed by atoms with van der Waals surface area (Å²) < 4.78 is 5.49. The standard InChI is InChI=1S/C31H51N3O4S/c1-7-8-9-13-20-34(29(36)26(19-21-39-6)33-30(37)38-31(3,4)5)27(24-16-14-15-23(2)22-24)28(35)32-25-17-11-10-12-18-25/h14-16,22,25-27H,7-13,17-21H2,1-6H3,(H,32,35)(H,33,37). The Kier molecular flexibility index (Phi) is 14.2. The van der Waals surface area contributed by atoms with E-state index in [-0.39, 0.29) is 17.9 Å². The number of ether oxygens (including phenoxy) is 1. The third-order valence-electron chi connectivity index (χ3n) is 7.00. The van der Waals surface area contributed by atoms with Gasteiger partial charge in [0.2, 0.25) is 11.8 Å². The number of unbranched alkanes of at least 4 members (excludes halogenated alkanes) is 3. The van der Waals surface area contributed by atoms with Crippen molar-refractivity contribution < 1.29 is 19.1 Å². The summed E-state index contributed by atoms with van der Waals surface area (Å²) in [5.41, 5.74) is 1.15. The molecule has 1 aromatic rings. The fourth-order valence-corrected chi connectivity index (χ4v) is 5.53. The van der Waals surface area contributed by atoms with Gasteiger partial charge in [0.15, 0.2) is 0 Å².